The van der Waals surface area contributed by atoms with Crippen LogP contribution in [0.25, 0.3) is 5.69 Å². The quantitative estimate of drug-likeness (QED) is 0.777. The van der Waals surface area contributed by atoms with E-state index in [2.05, 4.69) is 27.7 Å². The molecule has 1 aromatic heterocycles. The summed E-state index contributed by atoms with van der Waals surface area (Å²) in [7, 11) is 0. The van der Waals surface area contributed by atoms with Crippen molar-refractivity contribution in [2.45, 2.75) is 18.8 Å². The molecule has 2 aromatic rings. The third-order valence-corrected chi connectivity index (χ3v) is 3.77. The van der Waals surface area contributed by atoms with Crippen LogP contribution in [0.1, 0.15) is 30.0 Å². The molecule has 3 rings (SSSR count). The van der Waals surface area contributed by atoms with Gasteiger partial charge in [0.1, 0.15) is 5.82 Å². The molecule has 0 saturated heterocycles. The Balaban J connectivity index is 2.06. The molecule has 0 radical (unpaired) electrons. The van der Waals surface area contributed by atoms with Gasteiger partial charge < -0.3 is 0 Å². The first-order valence-electron chi connectivity index (χ1n) is 5.63. The molecule has 1 aromatic carbocycles. The maximum absolute atomic E-state index is 13.4. The fourth-order valence-corrected chi connectivity index (χ4v) is 2.71. The van der Waals surface area contributed by atoms with E-state index in [4.69, 9.17) is 5.26 Å². The van der Waals surface area contributed by atoms with Crippen molar-refractivity contribution in [2.24, 2.45) is 0 Å². The van der Waals surface area contributed by atoms with Crippen molar-refractivity contribution >= 4 is 22.6 Å². The third kappa shape index (κ3) is 2.12. The van der Waals surface area contributed by atoms with Crippen LogP contribution in [0.15, 0.2) is 24.4 Å². The van der Waals surface area contributed by atoms with E-state index < -0.39 is 5.82 Å². The fourth-order valence-electron chi connectivity index (χ4n) is 1.90. The van der Waals surface area contributed by atoms with E-state index in [1.165, 1.54) is 25.0 Å². The lowest BCUT2D eigenvalue weighted by Gasteiger charge is -2.02. The molecule has 90 valence electrons. The molecule has 5 heteroatoms. The first-order valence-corrected chi connectivity index (χ1v) is 6.71. The van der Waals surface area contributed by atoms with E-state index >= 15 is 0 Å². The number of nitrogens with zero attached hydrogens (tertiary/aromatic N) is 3. The Hall–Kier alpha value is -1.42. The molecule has 1 aliphatic carbocycles. The second kappa shape index (κ2) is 4.35. The molecule has 0 unspecified atom stereocenters. The average Bonchev–Trinajstić information content (AvgIpc) is 3.12. The van der Waals surface area contributed by atoms with Gasteiger partial charge in [-0.05, 0) is 53.6 Å². The maximum Gasteiger partial charge on any atom is 0.126 e. The topological polar surface area (TPSA) is 41.6 Å². The van der Waals surface area contributed by atoms with Gasteiger partial charge in [0, 0.05) is 12.1 Å². The van der Waals surface area contributed by atoms with Gasteiger partial charge in [0.25, 0.3) is 0 Å². The number of hydrogen-bond acceptors (Lipinski definition) is 2. The largest absolute Gasteiger partial charge is 0.239 e. The SMILES string of the molecule is N#Cc1cc(F)cc(-n2cc(I)c(C3CC3)n2)c1. The standard InChI is InChI=1S/C13H9FIN3/c14-10-3-8(6-16)4-11(5-10)18-7-12(15)13(17-18)9-1-2-9/h3-5,7,9H,1-2H2. The van der Waals surface area contributed by atoms with Crippen molar-refractivity contribution in [3.8, 4) is 11.8 Å². The molecular formula is C13H9FIN3. The molecule has 3 nitrogen and oxygen atoms in total. The van der Waals surface area contributed by atoms with Crippen LogP contribution in [0.4, 0.5) is 4.39 Å². The van der Waals surface area contributed by atoms with Crippen LogP contribution in [0, 0.1) is 20.7 Å². The fraction of sp³-hybridized carbons (Fsp3) is 0.231. The van der Waals surface area contributed by atoms with Gasteiger partial charge in [0.05, 0.1) is 26.6 Å². The van der Waals surface area contributed by atoms with Crippen molar-refractivity contribution in [1.29, 1.82) is 5.26 Å². The second-order valence-corrected chi connectivity index (χ2v) is 5.55. The second-order valence-electron chi connectivity index (χ2n) is 4.39. The van der Waals surface area contributed by atoms with Crippen LogP contribution in [0.2, 0.25) is 0 Å². The Morgan fingerprint density at radius 1 is 1.39 bits per heavy atom. The average molecular weight is 353 g/mol. The number of benzene rings is 1. The summed E-state index contributed by atoms with van der Waals surface area (Å²) < 4.78 is 16.1. The predicted molar refractivity (Wildman–Crippen MR) is 72.9 cm³/mol. The van der Waals surface area contributed by atoms with Gasteiger partial charge in [0.2, 0.25) is 0 Å². The zero-order valence-electron chi connectivity index (χ0n) is 9.40. The molecule has 0 N–H and O–H groups in total. The van der Waals surface area contributed by atoms with Crippen molar-refractivity contribution in [3.63, 3.8) is 0 Å². The summed E-state index contributed by atoms with van der Waals surface area (Å²) in [5, 5.41) is 13.3. The van der Waals surface area contributed by atoms with Crippen molar-refractivity contribution < 1.29 is 4.39 Å². The Morgan fingerprint density at radius 2 is 2.17 bits per heavy atom. The number of aromatic nitrogens is 2. The first kappa shape index (κ1) is 11.7. The molecular weight excluding hydrogens is 344 g/mol. The van der Waals surface area contributed by atoms with Crippen LogP contribution >= 0.6 is 22.6 Å². The summed E-state index contributed by atoms with van der Waals surface area (Å²) in [5.41, 5.74) is 1.98. The summed E-state index contributed by atoms with van der Waals surface area (Å²) in [6.07, 6.45) is 4.24. The summed E-state index contributed by atoms with van der Waals surface area (Å²) in [6.45, 7) is 0. The number of hydrogen-bond donors (Lipinski definition) is 0. The highest BCUT2D eigenvalue weighted by Crippen LogP contribution is 2.41. The Morgan fingerprint density at radius 3 is 2.83 bits per heavy atom. The molecule has 0 bridgehead atoms. The summed E-state index contributed by atoms with van der Waals surface area (Å²) in [4.78, 5) is 0. The lowest BCUT2D eigenvalue weighted by Crippen LogP contribution is -1.97. The lowest BCUT2D eigenvalue weighted by atomic mass is 10.2. The minimum atomic E-state index is -0.414. The van der Waals surface area contributed by atoms with E-state index in [1.807, 2.05) is 12.3 Å². The van der Waals surface area contributed by atoms with Crippen molar-refractivity contribution in [2.75, 3.05) is 0 Å². The molecule has 1 saturated carbocycles. The molecule has 0 spiro atoms. The zero-order valence-corrected chi connectivity index (χ0v) is 11.6. The van der Waals surface area contributed by atoms with Crippen LogP contribution in [-0.2, 0) is 0 Å². The smallest absolute Gasteiger partial charge is 0.126 e. The zero-order chi connectivity index (χ0) is 12.7. The lowest BCUT2D eigenvalue weighted by molar-refractivity contribution is 0.624. The van der Waals surface area contributed by atoms with Gasteiger partial charge >= 0.3 is 0 Å². The van der Waals surface area contributed by atoms with E-state index in [0.717, 1.165) is 9.26 Å². The van der Waals surface area contributed by atoms with E-state index in [1.54, 1.807) is 10.7 Å². The minimum Gasteiger partial charge on any atom is -0.239 e. The molecule has 0 aliphatic heterocycles. The highest BCUT2D eigenvalue weighted by molar-refractivity contribution is 14.1. The maximum atomic E-state index is 13.4. The Kier molecular flexibility index (Phi) is 2.82. The third-order valence-electron chi connectivity index (χ3n) is 2.94. The van der Waals surface area contributed by atoms with Crippen LogP contribution in [0.3, 0.4) is 0 Å². The van der Waals surface area contributed by atoms with Crippen LogP contribution in [0.5, 0.6) is 0 Å². The Bertz CT molecular complexity index is 653. The molecule has 18 heavy (non-hydrogen) atoms. The first-order chi connectivity index (χ1) is 8.67. The van der Waals surface area contributed by atoms with Gasteiger partial charge in [-0.3, -0.25) is 0 Å². The van der Waals surface area contributed by atoms with E-state index in [0.29, 0.717) is 17.2 Å². The Labute approximate surface area is 117 Å². The van der Waals surface area contributed by atoms with Crippen LogP contribution in [-0.4, -0.2) is 9.78 Å². The summed E-state index contributed by atoms with van der Waals surface area (Å²) >= 11 is 2.25. The minimum absolute atomic E-state index is 0.309. The normalized spacial score (nSPS) is 14.5. The predicted octanol–water partition coefficient (Wildman–Crippen LogP) is 3.37. The van der Waals surface area contributed by atoms with Gasteiger partial charge in [-0.25, -0.2) is 9.07 Å². The number of halogens is 2. The van der Waals surface area contributed by atoms with Gasteiger partial charge in [-0.1, -0.05) is 0 Å². The van der Waals surface area contributed by atoms with E-state index in [-0.39, 0.29) is 0 Å². The van der Waals surface area contributed by atoms with Crippen molar-refractivity contribution in [3.05, 3.63) is 45.0 Å². The number of rotatable bonds is 2. The van der Waals surface area contributed by atoms with Gasteiger partial charge in [0.15, 0.2) is 0 Å². The summed E-state index contributed by atoms with van der Waals surface area (Å²) in [5.74, 6) is 0.143. The van der Waals surface area contributed by atoms with Gasteiger partial charge in [-0.2, -0.15) is 10.4 Å². The molecule has 1 fully saturated rings. The van der Waals surface area contributed by atoms with Gasteiger partial charge in [-0.15, -0.1) is 0 Å². The van der Waals surface area contributed by atoms with Crippen molar-refractivity contribution in [1.82, 2.24) is 9.78 Å². The summed E-state index contributed by atoms with van der Waals surface area (Å²) in [6, 6.07) is 6.20. The monoisotopic (exact) mass is 353 g/mol. The highest BCUT2D eigenvalue weighted by atomic mass is 127. The molecule has 1 heterocycles. The molecule has 1 aliphatic rings. The molecule has 0 atom stereocenters. The van der Waals surface area contributed by atoms with E-state index in [9.17, 15) is 4.39 Å². The number of nitriles is 1. The van der Waals surface area contributed by atoms with Crippen LogP contribution < -0.4 is 0 Å². The molecule has 0 amide bonds. The highest BCUT2D eigenvalue weighted by Gasteiger charge is 2.28.